The van der Waals surface area contributed by atoms with Crippen LogP contribution in [0.5, 0.6) is 0 Å². The lowest BCUT2D eigenvalue weighted by molar-refractivity contribution is -0.119. The first-order valence-electron chi connectivity index (χ1n) is 9.65. The van der Waals surface area contributed by atoms with Crippen LogP contribution in [-0.2, 0) is 16.1 Å². The van der Waals surface area contributed by atoms with Crippen molar-refractivity contribution in [2.75, 3.05) is 18.0 Å². The van der Waals surface area contributed by atoms with E-state index in [-0.39, 0.29) is 41.6 Å². The molecule has 0 bridgehead atoms. The van der Waals surface area contributed by atoms with Crippen LogP contribution in [-0.4, -0.2) is 50.3 Å². The van der Waals surface area contributed by atoms with Crippen molar-refractivity contribution in [2.45, 2.75) is 19.6 Å². The molecule has 0 aliphatic carbocycles. The van der Waals surface area contributed by atoms with E-state index in [1.807, 2.05) is 0 Å². The average molecular weight is 458 g/mol. The Labute approximate surface area is 186 Å². The number of anilines is 1. The van der Waals surface area contributed by atoms with Gasteiger partial charge < -0.3 is 19.6 Å². The molecule has 0 saturated carbocycles. The average Bonchev–Trinajstić information content (AvgIpc) is 3.35. The molecule has 166 valence electrons. The summed E-state index contributed by atoms with van der Waals surface area (Å²) in [6.45, 7) is 1.89. The summed E-state index contributed by atoms with van der Waals surface area (Å²) in [5.41, 5.74) is 0.808. The van der Waals surface area contributed by atoms with E-state index in [9.17, 15) is 18.8 Å². The van der Waals surface area contributed by atoms with Crippen LogP contribution in [0.3, 0.4) is 0 Å². The van der Waals surface area contributed by atoms with E-state index in [2.05, 4.69) is 15.3 Å². The molecule has 2 amide bonds. The molecule has 3 aromatic rings. The number of carbonyl (C=O) groups is 2. The summed E-state index contributed by atoms with van der Waals surface area (Å²) in [7, 11) is 0. The number of ether oxygens (including phenoxy) is 1. The number of hydrogen-bond acceptors (Lipinski definition) is 6. The molecule has 0 spiro atoms. The monoisotopic (exact) mass is 458 g/mol. The van der Waals surface area contributed by atoms with Gasteiger partial charge in [-0.3, -0.25) is 19.1 Å². The summed E-state index contributed by atoms with van der Waals surface area (Å²) in [5, 5.41) is 2.59. The molecule has 2 aromatic heterocycles. The van der Waals surface area contributed by atoms with Gasteiger partial charge in [0.1, 0.15) is 11.9 Å². The van der Waals surface area contributed by atoms with Crippen molar-refractivity contribution in [1.29, 1.82) is 0 Å². The minimum absolute atomic E-state index is 0.136. The molecule has 3 heterocycles. The number of amides is 2. The van der Waals surface area contributed by atoms with Crippen LogP contribution >= 0.6 is 12.2 Å². The Balaban J connectivity index is 1.51. The molecule has 12 heteroatoms. The summed E-state index contributed by atoms with van der Waals surface area (Å²) in [5.74, 6) is -0.799. The number of imidazole rings is 1. The van der Waals surface area contributed by atoms with Crippen molar-refractivity contribution in [3.63, 3.8) is 0 Å². The number of aromatic amines is 1. The molecule has 10 nitrogen and oxygen atoms in total. The number of nitrogens with one attached hydrogen (secondary N) is 2. The maximum absolute atomic E-state index is 14.9. The fourth-order valence-electron chi connectivity index (χ4n) is 3.31. The number of hydrogen-bond donors (Lipinski definition) is 2. The number of carbonyl (C=O) groups excluding carboxylic acids is 2. The summed E-state index contributed by atoms with van der Waals surface area (Å²) >= 11 is 5.12. The van der Waals surface area contributed by atoms with Crippen molar-refractivity contribution in [2.24, 2.45) is 0 Å². The van der Waals surface area contributed by atoms with E-state index in [0.717, 1.165) is 0 Å². The summed E-state index contributed by atoms with van der Waals surface area (Å²) < 4.78 is 23.2. The van der Waals surface area contributed by atoms with Crippen LogP contribution in [0.2, 0.25) is 0 Å². The van der Waals surface area contributed by atoms with Crippen LogP contribution < -0.4 is 15.8 Å². The standard InChI is InChI=1S/C20H19FN6O4S/c1-12(28)23-7-15-10-26(20(30)31-15)14-2-3-17(16(21)6-14)25-8-13(24-11-25)9-27-18(29)4-5-22-19(27)32/h2-6,8,11,15H,7,9-10H2,1H3,(H,22,32)(H,23,28)/t15-/m0/s1. The Kier molecular flexibility index (Phi) is 5.86. The van der Waals surface area contributed by atoms with Crippen LogP contribution in [0.15, 0.2) is 47.8 Å². The molecule has 1 saturated heterocycles. The van der Waals surface area contributed by atoms with E-state index in [1.165, 1.54) is 51.7 Å². The minimum Gasteiger partial charge on any atom is -0.442 e. The van der Waals surface area contributed by atoms with Crippen LogP contribution in [0.4, 0.5) is 14.9 Å². The number of nitrogens with zero attached hydrogens (tertiary/aromatic N) is 4. The summed E-state index contributed by atoms with van der Waals surface area (Å²) in [4.78, 5) is 43.5. The molecule has 0 radical (unpaired) electrons. The van der Waals surface area contributed by atoms with Gasteiger partial charge in [0.15, 0.2) is 4.77 Å². The smallest absolute Gasteiger partial charge is 0.414 e. The highest BCUT2D eigenvalue weighted by molar-refractivity contribution is 7.71. The highest BCUT2D eigenvalue weighted by Crippen LogP contribution is 2.25. The first-order valence-corrected chi connectivity index (χ1v) is 10.1. The zero-order valence-electron chi connectivity index (χ0n) is 16.9. The van der Waals surface area contributed by atoms with Crippen molar-refractivity contribution in [3.8, 4) is 5.69 Å². The SMILES string of the molecule is CC(=O)NC[C@H]1CN(c2ccc(-n3cnc(Cn4c(=O)cc[nH]c4=S)c3)c(F)c2)C(=O)O1. The lowest BCUT2D eigenvalue weighted by Crippen LogP contribution is -2.33. The zero-order valence-corrected chi connectivity index (χ0v) is 17.8. The minimum atomic E-state index is -0.609. The zero-order chi connectivity index (χ0) is 22.8. The predicted molar refractivity (Wildman–Crippen MR) is 115 cm³/mol. The maximum Gasteiger partial charge on any atom is 0.414 e. The second kappa shape index (κ2) is 8.75. The molecule has 1 aliphatic heterocycles. The quantitative estimate of drug-likeness (QED) is 0.544. The fraction of sp³-hybridized carbons (Fsp3) is 0.250. The van der Waals surface area contributed by atoms with Crippen molar-refractivity contribution < 1.29 is 18.7 Å². The van der Waals surface area contributed by atoms with E-state index in [0.29, 0.717) is 11.4 Å². The second-order valence-electron chi connectivity index (χ2n) is 7.17. The maximum atomic E-state index is 14.9. The number of H-pyrrole nitrogens is 1. The first-order chi connectivity index (χ1) is 15.3. The Bertz CT molecular complexity index is 1270. The van der Waals surface area contributed by atoms with Crippen LogP contribution in [0, 0.1) is 10.6 Å². The van der Waals surface area contributed by atoms with E-state index < -0.39 is 18.0 Å². The fourth-order valence-corrected chi connectivity index (χ4v) is 3.53. The highest BCUT2D eigenvalue weighted by Gasteiger charge is 2.32. The number of cyclic esters (lactones) is 1. The normalized spacial score (nSPS) is 15.6. The van der Waals surface area contributed by atoms with Crippen molar-refractivity contribution >= 4 is 29.9 Å². The van der Waals surface area contributed by atoms with Crippen molar-refractivity contribution in [1.82, 2.24) is 24.4 Å². The van der Waals surface area contributed by atoms with Gasteiger partial charge in [-0.25, -0.2) is 14.2 Å². The third kappa shape index (κ3) is 4.44. The third-order valence-electron chi connectivity index (χ3n) is 4.87. The molecular formula is C20H19FN6O4S. The topological polar surface area (TPSA) is 114 Å². The molecule has 1 atom stereocenters. The molecule has 32 heavy (non-hydrogen) atoms. The van der Waals surface area contributed by atoms with E-state index in [4.69, 9.17) is 17.0 Å². The van der Waals surface area contributed by atoms with Crippen molar-refractivity contribution in [3.05, 3.63) is 69.6 Å². The van der Waals surface area contributed by atoms with Gasteiger partial charge in [-0.05, 0) is 30.4 Å². The lowest BCUT2D eigenvalue weighted by atomic mass is 10.2. The molecule has 4 rings (SSSR count). The Morgan fingerprint density at radius 1 is 1.38 bits per heavy atom. The number of halogens is 1. The van der Waals surface area contributed by atoms with Gasteiger partial charge in [0.05, 0.1) is 43.0 Å². The first kappa shape index (κ1) is 21.4. The largest absolute Gasteiger partial charge is 0.442 e. The van der Waals surface area contributed by atoms with Gasteiger partial charge in [-0.15, -0.1) is 0 Å². The van der Waals surface area contributed by atoms with Gasteiger partial charge in [-0.1, -0.05) is 0 Å². The number of rotatable bonds is 6. The van der Waals surface area contributed by atoms with Gasteiger partial charge >= 0.3 is 6.09 Å². The molecule has 1 aromatic carbocycles. The summed E-state index contributed by atoms with van der Waals surface area (Å²) in [6, 6.07) is 5.70. The van der Waals surface area contributed by atoms with E-state index >= 15 is 0 Å². The highest BCUT2D eigenvalue weighted by atomic mass is 32.1. The van der Waals surface area contributed by atoms with Crippen LogP contribution in [0.25, 0.3) is 5.69 Å². The van der Waals surface area contributed by atoms with Gasteiger partial charge in [0.25, 0.3) is 5.56 Å². The molecule has 0 unspecified atom stereocenters. The Morgan fingerprint density at radius 3 is 2.91 bits per heavy atom. The second-order valence-corrected chi connectivity index (χ2v) is 7.56. The predicted octanol–water partition coefficient (Wildman–Crippen LogP) is 1.74. The molecule has 2 N–H and O–H groups in total. The lowest BCUT2D eigenvalue weighted by Gasteiger charge is -2.14. The van der Waals surface area contributed by atoms with Gasteiger partial charge in [-0.2, -0.15) is 0 Å². The third-order valence-corrected chi connectivity index (χ3v) is 5.21. The molecule has 1 fully saturated rings. The van der Waals surface area contributed by atoms with Gasteiger partial charge in [0, 0.05) is 25.4 Å². The summed E-state index contributed by atoms with van der Waals surface area (Å²) in [6.07, 6.45) is 3.37. The number of benzene rings is 1. The Hall–Kier alpha value is -3.80. The van der Waals surface area contributed by atoms with E-state index in [1.54, 1.807) is 12.3 Å². The van der Waals surface area contributed by atoms with Crippen LogP contribution in [0.1, 0.15) is 12.6 Å². The van der Waals surface area contributed by atoms with Gasteiger partial charge in [0.2, 0.25) is 5.91 Å². The molecule has 1 aliphatic rings. The molecular weight excluding hydrogens is 439 g/mol. The number of aromatic nitrogens is 4. The Morgan fingerprint density at radius 2 is 2.19 bits per heavy atom.